The van der Waals surface area contributed by atoms with Crippen LogP contribution in [0.1, 0.15) is 6.92 Å². The first-order chi connectivity index (χ1) is 5.70. The summed E-state index contributed by atoms with van der Waals surface area (Å²) in [5.74, 6) is 0.378. The van der Waals surface area contributed by atoms with Crippen LogP contribution in [0.5, 0.6) is 0 Å². The fourth-order valence-electron chi connectivity index (χ4n) is 0.590. The Kier molecular flexibility index (Phi) is 9.75. The van der Waals surface area contributed by atoms with E-state index in [9.17, 15) is 0 Å². The maximum atomic E-state index is 6.96. The largest absolute Gasteiger partial charge is 0.370 e. The standard InChI is InChI=1S/C7H15N5.ClH/c1-3-5-11-7(10-4-2)12-6(8)9;/h3H,1,4-5H2,2H3,(H5,8,9,10,11,12);1H. The minimum atomic E-state index is -0.126. The van der Waals surface area contributed by atoms with Crippen molar-refractivity contribution < 1.29 is 0 Å². The van der Waals surface area contributed by atoms with Gasteiger partial charge in [0.05, 0.1) is 6.54 Å². The average molecular weight is 206 g/mol. The van der Waals surface area contributed by atoms with Crippen LogP contribution < -0.4 is 16.4 Å². The van der Waals surface area contributed by atoms with Crippen molar-refractivity contribution in [2.75, 3.05) is 13.1 Å². The van der Waals surface area contributed by atoms with Gasteiger partial charge >= 0.3 is 0 Å². The summed E-state index contributed by atoms with van der Waals surface area (Å²) in [6.07, 6.45) is 1.67. The molecule has 5 nitrogen and oxygen atoms in total. The van der Waals surface area contributed by atoms with Crippen molar-refractivity contribution in [1.82, 2.24) is 10.6 Å². The summed E-state index contributed by atoms with van der Waals surface area (Å²) in [7, 11) is 0. The van der Waals surface area contributed by atoms with Crippen molar-refractivity contribution in [2.45, 2.75) is 6.92 Å². The lowest BCUT2D eigenvalue weighted by Gasteiger charge is -2.07. The van der Waals surface area contributed by atoms with E-state index in [1.807, 2.05) is 6.92 Å². The molecule has 5 N–H and O–H groups in total. The van der Waals surface area contributed by atoms with Crippen LogP contribution in [0.3, 0.4) is 0 Å². The molecule has 0 unspecified atom stereocenters. The number of rotatable bonds is 3. The summed E-state index contributed by atoms with van der Waals surface area (Å²) < 4.78 is 0. The van der Waals surface area contributed by atoms with E-state index in [-0.39, 0.29) is 18.4 Å². The number of aliphatic imine (C=N–C) groups is 1. The van der Waals surface area contributed by atoms with Crippen molar-refractivity contribution in [3.05, 3.63) is 12.7 Å². The molecule has 0 radical (unpaired) electrons. The summed E-state index contributed by atoms with van der Waals surface area (Å²) in [5.41, 5.74) is 5.12. The van der Waals surface area contributed by atoms with E-state index in [4.69, 9.17) is 11.1 Å². The lowest BCUT2D eigenvalue weighted by atomic mass is 10.6. The molecule has 0 rings (SSSR count). The maximum Gasteiger partial charge on any atom is 0.198 e. The Balaban J connectivity index is 0. The van der Waals surface area contributed by atoms with E-state index in [1.165, 1.54) is 0 Å². The lowest BCUT2D eigenvalue weighted by Crippen LogP contribution is -2.44. The molecule has 0 spiro atoms. The fraction of sp³-hybridized carbons (Fsp3) is 0.429. The Morgan fingerprint density at radius 2 is 2.31 bits per heavy atom. The minimum Gasteiger partial charge on any atom is -0.370 e. The summed E-state index contributed by atoms with van der Waals surface area (Å²) in [6.45, 7) is 6.70. The molecular weight excluding hydrogens is 190 g/mol. The highest BCUT2D eigenvalue weighted by atomic mass is 35.5. The molecule has 13 heavy (non-hydrogen) atoms. The van der Waals surface area contributed by atoms with Gasteiger partial charge in [-0.15, -0.1) is 19.0 Å². The SMILES string of the molecule is C=CC/N=C(/NCC)NC(=N)N.Cl. The van der Waals surface area contributed by atoms with Gasteiger partial charge in [0.2, 0.25) is 0 Å². The highest BCUT2D eigenvalue weighted by molar-refractivity contribution is 5.96. The molecule has 6 heteroatoms. The molecule has 0 aliphatic carbocycles. The Bertz CT molecular complexity index is 189. The third-order valence-corrected chi connectivity index (χ3v) is 0.976. The van der Waals surface area contributed by atoms with Gasteiger partial charge in [0, 0.05) is 6.54 Å². The third kappa shape index (κ3) is 8.68. The zero-order valence-corrected chi connectivity index (χ0v) is 8.45. The van der Waals surface area contributed by atoms with Crippen molar-refractivity contribution in [2.24, 2.45) is 10.7 Å². The molecular formula is C7H16ClN5. The normalized spacial score (nSPS) is 9.77. The van der Waals surface area contributed by atoms with Gasteiger partial charge in [-0.1, -0.05) is 6.08 Å². The molecule has 0 heterocycles. The zero-order valence-electron chi connectivity index (χ0n) is 7.63. The highest BCUT2D eigenvalue weighted by Crippen LogP contribution is 1.72. The number of nitrogens with zero attached hydrogens (tertiary/aromatic N) is 1. The van der Waals surface area contributed by atoms with Gasteiger partial charge < -0.3 is 11.1 Å². The quantitative estimate of drug-likeness (QED) is 0.298. The topological polar surface area (TPSA) is 86.3 Å². The van der Waals surface area contributed by atoms with Crippen LogP contribution in [0.4, 0.5) is 0 Å². The second-order valence-corrected chi connectivity index (χ2v) is 2.05. The van der Waals surface area contributed by atoms with Crippen LogP contribution in [-0.2, 0) is 0 Å². The molecule has 0 aromatic heterocycles. The fourth-order valence-corrected chi connectivity index (χ4v) is 0.590. The lowest BCUT2D eigenvalue weighted by molar-refractivity contribution is 0.918. The van der Waals surface area contributed by atoms with Crippen LogP contribution in [0.15, 0.2) is 17.6 Å². The van der Waals surface area contributed by atoms with Gasteiger partial charge in [-0.25, -0.2) is 4.99 Å². The number of nitrogens with two attached hydrogens (primary N) is 1. The van der Waals surface area contributed by atoms with Gasteiger partial charge in [-0.05, 0) is 6.92 Å². The number of nitrogens with one attached hydrogen (secondary N) is 3. The highest BCUT2D eigenvalue weighted by Gasteiger charge is 1.94. The third-order valence-electron chi connectivity index (χ3n) is 0.976. The number of hydrogen-bond donors (Lipinski definition) is 4. The van der Waals surface area contributed by atoms with Gasteiger partial charge in [0.25, 0.3) is 0 Å². The number of hydrogen-bond acceptors (Lipinski definition) is 2. The molecule has 76 valence electrons. The van der Waals surface area contributed by atoms with E-state index in [1.54, 1.807) is 6.08 Å². The Labute approximate surface area is 84.4 Å². The van der Waals surface area contributed by atoms with E-state index in [0.717, 1.165) is 6.54 Å². The van der Waals surface area contributed by atoms with Gasteiger partial charge in [-0.2, -0.15) is 0 Å². The van der Waals surface area contributed by atoms with Crippen molar-refractivity contribution in [1.29, 1.82) is 5.41 Å². The second kappa shape index (κ2) is 8.86. The first-order valence-electron chi connectivity index (χ1n) is 3.71. The Morgan fingerprint density at radius 3 is 2.69 bits per heavy atom. The number of guanidine groups is 2. The molecule has 0 saturated carbocycles. The summed E-state index contributed by atoms with van der Waals surface area (Å²) in [6, 6.07) is 0. The van der Waals surface area contributed by atoms with E-state index in [2.05, 4.69) is 22.2 Å². The van der Waals surface area contributed by atoms with Crippen molar-refractivity contribution in [3.8, 4) is 0 Å². The van der Waals surface area contributed by atoms with E-state index >= 15 is 0 Å². The maximum absolute atomic E-state index is 6.96. The Morgan fingerprint density at radius 1 is 1.69 bits per heavy atom. The van der Waals surface area contributed by atoms with Gasteiger partial charge in [0.1, 0.15) is 0 Å². The van der Waals surface area contributed by atoms with Gasteiger partial charge in [0.15, 0.2) is 11.9 Å². The molecule has 0 bridgehead atoms. The molecule has 0 saturated heterocycles. The first kappa shape index (κ1) is 14.3. The molecule has 0 aliphatic rings. The predicted octanol–water partition coefficient (Wildman–Crippen LogP) is 0.0428. The van der Waals surface area contributed by atoms with Crippen LogP contribution in [0.2, 0.25) is 0 Å². The van der Waals surface area contributed by atoms with Crippen molar-refractivity contribution >= 4 is 24.3 Å². The van der Waals surface area contributed by atoms with Crippen LogP contribution in [0.25, 0.3) is 0 Å². The molecule has 0 atom stereocenters. The molecule has 0 aromatic carbocycles. The van der Waals surface area contributed by atoms with Gasteiger partial charge in [-0.3, -0.25) is 10.7 Å². The van der Waals surface area contributed by atoms with Crippen LogP contribution in [-0.4, -0.2) is 25.0 Å². The predicted molar refractivity (Wildman–Crippen MR) is 58.5 cm³/mol. The molecule has 0 aromatic rings. The Hall–Kier alpha value is -1.23. The number of halogens is 1. The van der Waals surface area contributed by atoms with Crippen LogP contribution in [0, 0.1) is 5.41 Å². The monoisotopic (exact) mass is 205 g/mol. The molecule has 0 amide bonds. The van der Waals surface area contributed by atoms with E-state index < -0.39 is 0 Å². The van der Waals surface area contributed by atoms with Crippen LogP contribution >= 0.6 is 12.4 Å². The average Bonchev–Trinajstić information content (AvgIpc) is 2.00. The minimum absolute atomic E-state index is 0. The summed E-state index contributed by atoms with van der Waals surface area (Å²) in [4.78, 5) is 4.03. The molecule has 0 aliphatic heterocycles. The zero-order chi connectivity index (χ0) is 9.40. The summed E-state index contributed by atoms with van der Waals surface area (Å²) in [5, 5.41) is 12.4. The van der Waals surface area contributed by atoms with E-state index in [0.29, 0.717) is 12.5 Å². The first-order valence-corrected chi connectivity index (χ1v) is 3.71. The second-order valence-electron chi connectivity index (χ2n) is 2.05. The summed E-state index contributed by atoms with van der Waals surface area (Å²) >= 11 is 0. The molecule has 0 fully saturated rings. The van der Waals surface area contributed by atoms with Crippen molar-refractivity contribution in [3.63, 3.8) is 0 Å². The smallest absolute Gasteiger partial charge is 0.198 e.